The van der Waals surface area contributed by atoms with Gasteiger partial charge in [0.1, 0.15) is 0 Å². The van der Waals surface area contributed by atoms with E-state index < -0.39 is 0 Å². The summed E-state index contributed by atoms with van der Waals surface area (Å²) in [6, 6.07) is 9.03. The largest absolute Gasteiger partial charge is 0.348 e. The third kappa shape index (κ3) is 1.11. The molecule has 3 atom stereocenters. The van der Waals surface area contributed by atoms with Crippen molar-refractivity contribution in [3.8, 4) is 0 Å². The van der Waals surface area contributed by atoms with Crippen molar-refractivity contribution in [2.45, 2.75) is 43.4 Å². The van der Waals surface area contributed by atoms with Crippen molar-refractivity contribution in [3.05, 3.63) is 53.6 Å². The Labute approximate surface area is 107 Å². The highest BCUT2D eigenvalue weighted by molar-refractivity contribution is 5.55. The first-order chi connectivity index (χ1) is 8.88. The Morgan fingerprint density at radius 1 is 1.33 bits per heavy atom. The monoisotopic (exact) mass is 238 g/mol. The molecule has 2 aromatic rings. The molecule has 0 spiro atoms. The van der Waals surface area contributed by atoms with E-state index in [4.69, 9.17) is 0 Å². The molecule has 0 bridgehead atoms. The molecule has 92 valence electrons. The van der Waals surface area contributed by atoms with E-state index in [1.165, 1.54) is 25.0 Å². The maximum atomic E-state index is 4.24. The maximum absolute atomic E-state index is 4.24. The Kier molecular flexibility index (Phi) is 2.00. The topological polar surface area (TPSA) is 28.7 Å². The summed E-state index contributed by atoms with van der Waals surface area (Å²) in [5.41, 5.74) is 4.87. The van der Waals surface area contributed by atoms with Gasteiger partial charge < -0.3 is 4.98 Å². The van der Waals surface area contributed by atoms with E-state index in [0.717, 1.165) is 5.92 Å². The number of nitrogens with one attached hydrogen (secondary N) is 1. The molecule has 2 aliphatic rings. The molecular formula is C16H18N2. The van der Waals surface area contributed by atoms with Gasteiger partial charge in [-0.15, -0.1) is 0 Å². The zero-order valence-electron chi connectivity index (χ0n) is 10.7. The van der Waals surface area contributed by atoms with Crippen LogP contribution in [0.25, 0.3) is 0 Å². The molecule has 1 saturated carbocycles. The van der Waals surface area contributed by atoms with Crippen LogP contribution in [0.4, 0.5) is 0 Å². The minimum atomic E-state index is 0.343. The Morgan fingerprint density at radius 3 is 2.89 bits per heavy atom. The molecule has 0 aliphatic heterocycles. The maximum Gasteiger partial charge on any atom is 0.0921 e. The first kappa shape index (κ1) is 10.4. The van der Waals surface area contributed by atoms with Crippen LogP contribution in [0.2, 0.25) is 0 Å². The number of aromatic nitrogens is 2. The number of rotatable bonds is 3. The van der Waals surface area contributed by atoms with E-state index >= 15 is 0 Å². The molecule has 2 heteroatoms. The number of nitrogens with zero attached hydrogens (tertiary/aromatic N) is 1. The lowest BCUT2D eigenvalue weighted by Crippen LogP contribution is -2.16. The van der Waals surface area contributed by atoms with Crippen molar-refractivity contribution in [2.75, 3.05) is 0 Å². The highest BCUT2D eigenvalue weighted by Crippen LogP contribution is 2.73. The van der Waals surface area contributed by atoms with Crippen LogP contribution in [0, 0.1) is 0 Å². The van der Waals surface area contributed by atoms with Crippen molar-refractivity contribution in [1.82, 2.24) is 9.97 Å². The number of imidazole rings is 1. The molecule has 18 heavy (non-hydrogen) atoms. The van der Waals surface area contributed by atoms with Gasteiger partial charge in [-0.25, -0.2) is 4.98 Å². The lowest BCUT2D eigenvalue weighted by atomic mass is 9.81. The van der Waals surface area contributed by atoms with Crippen molar-refractivity contribution < 1.29 is 0 Å². The van der Waals surface area contributed by atoms with E-state index in [9.17, 15) is 0 Å². The van der Waals surface area contributed by atoms with Crippen LogP contribution in [-0.2, 0) is 5.41 Å². The Morgan fingerprint density at radius 2 is 2.17 bits per heavy atom. The Balaban J connectivity index is 1.85. The number of hydrogen-bond acceptors (Lipinski definition) is 1. The second-order valence-electron chi connectivity index (χ2n) is 5.73. The van der Waals surface area contributed by atoms with Crippen LogP contribution >= 0.6 is 0 Å². The van der Waals surface area contributed by atoms with Gasteiger partial charge in [-0.2, -0.15) is 0 Å². The summed E-state index contributed by atoms with van der Waals surface area (Å²) in [4.78, 5) is 7.61. The summed E-state index contributed by atoms with van der Waals surface area (Å²) in [7, 11) is 0. The van der Waals surface area contributed by atoms with Crippen LogP contribution < -0.4 is 0 Å². The number of fused-ring (bicyclic) bond motifs is 3. The van der Waals surface area contributed by atoms with Crippen LogP contribution in [0.5, 0.6) is 0 Å². The fraction of sp³-hybridized carbons (Fsp3) is 0.438. The van der Waals surface area contributed by atoms with Gasteiger partial charge in [0.2, 0.25) is 0 Å². The molecule has 0 saturated heterocycles. The molecule has 2 nitrogen and oxygen atoms in total. The van der Waals surface area contributed by atoms with Crippen molar-refractivity contribution >= 4 is 0 Å². The van der Waals surface area contributed by atoms with Crippen molar-refractivity contribution in [2.24, 2.45) is 0 Å². The van der Waals surface area contributed by atoms with E-state index in [1.807, 2.05) is 12.5 Å². The fourth-order valence-electron chi connectivity index (χ4n) is 4.17. The molecule has 0 radical (unpaired) electrons. The first-order valence-electron chi connectivity index (χ1n) is 6.95. The minimum absolute atomic E-state index is 0.343. The zero-order valence-corrected chi connectivity index (χ0v) is 10.7. The fourth-order valence-corrected chi connectivity index (χ4v) is 4.17. The van der Waals surface area contributed by atoms with E-state index in [-0.39, 0.29) is 0 Å². The lowest BCUT2D eigenvalue weighted by Gasteiger charge is -2.23. The third-order valence-corrected chi connectivity index (χ3v) is 4.95. The quantitative estimate of drug-likeness (QED) is 0.867. The summed E-state index contributed by atoms with van der Waals surface area (Å²) < 4.78 is 0. The SMILES string of the molecule is CCC[C@H]1c2ccccc2[C@H]2C[C@]21c1cnc[nH]1. The summed E-state index contributed by atoms with van der Waals surface area (Å²) >= 11 is 0. The van der Waals surface area contributed by atoms with Crippen LogP contribution in [0.15, 0.2) is 36.8 Å². The van der Waals surface area contributed by atoms with Gasteiger partial charge in [-0.3, -0.25) is 0 Å². The minimum Gasteiger partial charge on any atom is -0.348 e. The molecule has 0 unspecified atom stereocenters. The van der Waals surface area contributed by atoms with Gasteiger partial charge in [-0.1, -0.05) is 37.6 Å². The molecule has 1 aromatic carbocycles. The summed E-state index contributed by atoms with van der Waals surface area (Å²) in [6.07, 6.45) is 7.70. The van der Waals surface area contributed by atoms with Gasteiger partial charge in [0.15, 0.2) is 0 Å². The molecular weight excluding hydrogens is 220 g/mol. The smallest absolute Gasteiger partial charge is 0.0921 e. The number of hydrogen-bond donors (Lipinski definition) is 1. The number of aromatic amines is 1. The van der Waals surface area contributed by atoms with Crippen LogP contribution in [-0.4, -0.2) is 9.97 Å². The second kappa shape index (κ2) is 3.47. The van der Waals surface area contributed by atoms with Crippen LogP contribution in [0.1, 0.15) is 54.8 Å². The van der Waals surface area contributed by atoms with Gasteiger partial charge in [-0.05, 0) is 35.8 Å². The highest BCUT2D eigenvalue weighted by Gasteiger charge is 2.66. The average Bonchev–Trinajstić information content (AvgIpc) is 2.82. The number of H-pyrrole nitrogens is 1. The molecule has 1 heterocycles. The highest BCUT2D eigenvalue weighted by atomic mass is 14.9. The zero-order chi connectivity index (χ0) is 12.2. The number of benzene rings is 1. The van der Waals surface area contributed by atoms with Crippen LogP contribution in [0.3, 0.4) is 0 Å². The molecule has 4 rings (SSSR count). The third-order valence-electron chi connectivity index (χ3n) is 4.95. The normalized spacial score (nSPS) is 32.1. The lowest BCUT2D eigenvalue weighted by molar-refractivity contribution is 0.489. The predicted molar refractivity (Wildman–Crippen MR) is 71.7 cm³/mol. The summed E-state index contributed by atoms with van der Waals surface area (Å²) in [5, 5.41) is 0. The van der Waals surface area contributed by atoms with Crippen molar-refractivity contribution in [1.29, 1.82) is 0 Å². The Hall–Kier alpha value is -1.57. The summed E-state index contributed by atoms with van der Waals surface area (Å²) in [5.74, 6) is 1.41. The standard InChI is InChI=1S/C16H18N2/c1-2-5-13-11-6-3-4-7-12(11)14-8-16(13,14)15-9-17-10-18-15/h3-4,6-7,9-10,13-14H,2,5,8H2,1H3,(H,17,18)/t13-,14+,16+/m0/s1. The van der Waals surface area contributed by atoms with Gasteiger partial charge >= 0.3 is 0 Å². The van der Waals surface area contributed by atoms with E-state index in [2.05, 4.69) is 41.2 Å². The Bertz CT molecular complexity index is 573. The average molecular weight is 238 g/mol. The predicted octanol–water partition coefficient (Wildman–Crippen LogP) is 3.73. The van der Waals surface area contributed by atoms with Gasteiger partial charge in [0, 0.05) is 17.3 Å². The van der Waals surface area contributed by atoms with Gasteiger partial charge in [0.05, 0.1) is 6.33 Å². The van der Waals surface area contributed by atoms with Crippen molar-refractivity contribution in [3.63, 3.8) is 0 Å². The molecule has 1 N–H and O–H groups in total. The van der Waals surface area contributed by atoms with E-state index in [1.54, 1.807) is 11.1 Å². The second-order valence-corrected chi connectivity index (χ2v) is 5.73. The molecule has 2 aliphatic carbocycles. The molecule has 1 aromatic heterocycles. The molecule has 0 amide bonds. The van der Waals surface area contributed by atoms with Gasteiger partial charge in [0.25, 0.3) is 0 Å². The summed E-state index contributed by atoms with van der Waals surface area (Å²) in [6.45, 7) is 2.29. The first-order valence-corrected chi connectivity index (χ1v) is 6.95. The van der Waals surface area contributed by atoms with E-state index in [0.29, 0.717) is 11.3 Å². The molecule has 1 fully saturated rings.